The number of benzene rings is 2. The van der Waals surface area contributed by atoms with Gasteiger partial charge in [0.15, 0.2) is 0 Å². The molecule has 9 heteroatoms. The Hall–Kier alpha value is -3.49. The number of halogens is 1. The smallest absolute Gasteiger partial charge is 0.306 e. The van der Waals surface area contributed by atoms with Crippen LogP contribution in [0.1, 0.15) is 5.89 Å². The van der Waals surface area contributed by atoms with Crippen LogP contribution in [0.15, 0.2) is 47.0 Å². The number of rotatable bonds is 6. The first-order valence-electron chi connectivity index (χ1n) is 7.21. The monoisotopic (exact) mass is 344 g/mol. The number of aromatic nitrogens is 2. The minimum Gasteiger partial charge on any atom is -0.497 e. The Kier molecular flexibility index (Phi) is 4.55. The first-order valence-corrected chi connectivity index (χ1v) is 7.21. The van der Waals surface area contributed by atoms with Crippen LogP contribution in [0.2, 0.25) is 0 Å². The highest BCUT2D eigenvalue weighted by atomic mass is 19.1. The molecule has 1 aromatic heterocycles. The van der Waals surface area contributed by atoms with Gasteiger partial charge in [-0.15, -0.1) is 0 Å². The van der Waals surface area contributed by atoms with Crippen LogP contribution in [0.25, 0.3) is 11.4 Å². The number of anilines is 1. The summed E-state index contributed by atoms with van der Waals surface area (Å²) in [5.74, 6) is 0.518. The maximum absolute atomic E-state index is 13.3. The van der Waals surface area contributed by atoms with Crippen LogP contribution in [0.5, 0.6) is 5.75 Å². The van der Waals surface area contributed by atoms with Crippen molar-refractivity contribution in [2.75, 3.05) is 12.4 Å². The quantitative estimate of drug-likeness (QED) is 0.540. The highest BCUT2D eigenvalue weighted by Crippen LogP contribution is 2.23. The molecule has 1 heterocycles. The van der Waals surface area contributed by atoms with Crippen LogP contribution in [0.4, 0.5) is 15.8 Å². The average Bonchev–Trinajstić information content (AvgIpc) is 3.10. The van der Waals surface area contributed by atoms with Crippen molar-refractivity contribution in [3.8, 4) is 17.1 Å². The highest BCUT2D eigenvalue weighted by Gasteiger charge is 2.15. The van der Waals surface area contributed by atoms with Crippen molar-refractivity contribution in [1.82, 2.24) is 10.1 Å². The third-order valence-electron chi connectivity index (χ3n) is 3.40. The zero-order chi connectivity index (χ0) is 17.8. The van der Waals surface area contributed by atoms with Gasteiger partial charge in [0.1, 0.15) is 5.75 Å². The molecule has 0 saturated carbocycles. The standard InChI is InChI=1S/C16H13FN4O4/c1-24-12-5-2-10(3-6-12)16-19-15(25-20-16)9-18-11-4-7-13(17)14(8-11)21(22)23/h2-8,18H,9H2,1H3. The van der Waals surface area contributed by atoms with E-state index < -0.39 is 16.4 Å². The summed E-state index contributed by atoms with van der Waals surface area (Å²) in [7, 11) is 1.58. The van der Waals surface area contributed by atoms with E-state index in [1.807, 2.05) is 0 Å². The largest absolute Gasteiger partial charge is 0.497 e. The van der Waals surface area contributed by atoms with Gasteiger partial charge in [-0.05, 0) is 36.4 Å². The van der Waals surface area contributed by atoms with Crippen molar-refractivity contribution in [3.63, 3.8) is 0 Å². The first-order chi connectivity index (χ1) is 12.1. The number of nitro benzene ring substituents is 1. The Balaban J connectivity index is 1.69. The molecule has 1 N–H and O–H groups in total. The molecule has 0 radical (unpaired) electrons. The molecule has 3 aromatic rings. The molecular formula is C16H13FN4O4. The predicted molar refractivity (Wildman–Crippen MR) is 86.7 cm³/mol. The third-order valence-corrected chi connectivity index (χ3v) is 3.40. The second-order valence-electron chi connectivity index (χ2n) is 5.02. The molecule has 25 heavy (non-hydrogen) atoms. The van der Waals surface area contributed by atoms with Gasteiger partial charge >= 0.3 is 5.69 Å². The van der Waals surface area contributed by atoms with E-state index in [0.717, 1.165) is 17.7 Å². The summed E-state index contributed by atoms with van der Waals surface area (Å²) in [5.41, 5.74) is 0.528. The van der Waals surface area contributed by atoms with Crippen LogP contribution >= 0.6 is 0 Å². The van der Waals surface area contributed by atoms with Gasteiger partial charge in [0, 0.05) is 17.3 Å². The van der Waals surface area contributed by atoms with Gasteiger partial charge in [-0.2, -0.15) is 9.37 Å². The average molecular weight is 344 g/mol. The van der Waals surface area contributed by atoms with Crippen LogP contribution in [0.3, 0.4) is 0 Å². The summed E-state index contributed by atoms with van der Waals surface area (Å²) in [6.45, 7) is 0.145. The number of nitrogens with one attached hydrogen (secondary N) is 1. The van der Waals surface area contributed by atoms with Crippen molar-refractivity contribution in [2.45, 2.75) is 6.54 Å². The number of ether oxygens (including phenoxy) is 1. The molecule has 8 nitrogen and oxygen atoms in total. The van der Waals surface area contributed by atoms with Crippen LogP contribution in [0, 0.1) is 15.9 Å². The molecule has 0 amide bonds. The molecule has 3 rings (SSSR count). The van der Waals surface area contributed by atoms with E-state index in [-0.39, 0.29) is 12.4 Å². The third kappa shape index (κ3) is 3.71. The summed E-state index contributed by atoms with van der Waals surface area (Å²) in [5, 5.41) is 17.5. The van der Waals surface area contributed by atoms with Crippen molar-refractivity contribution in [3.05, 3.63) is 64.3 Å². The molecule has 0 bridgehead atoms. The summed E-state index contributed by atoms with van der Waals surface area (Å²) in [6.07, 6.45) is 0. The lowest BCUT2D eigenvalue weighted by molar-refractivity contribution is -0.387. The fraction of sp³-hybridized carbons (Fsp3) is 0.125. The Morgan fingerprint density at radius 1 is 1.28 bits per heavy atom. The summed E-state index contributed by atoms with van der Waals surface area (Å²) in [4.78, 5) is 14.2. The molecule has 2 aromatic carbocycles. The molecule has 0 aliphatic heterocycles. The first kappa shape index (κ1) is 16.4. The lowest BCUT2D eigenvalue weighted by Crippen LogP contribution is -2.01. The van der Waals surface area contributed by atoms with Crippen molar-refractivity contribution in [1.29, 1.82) is 0 Å². The molecule has 0 aliphatic rings. The van der Waals surface area contributed by atoms with E-state index in [1.165, 1.54) is 6.07 Å². The van der Waals surface area contributed by atoms with Crippen LogP contribution < -0.4 is 10.1 Å². The summed E-state index contributed by atoms with van der Waals surface area (Å²) < 4.78 is 23.5. The number of hydrogen-bond donors (Lipinski definition) is 1. The molecule has 128 valence electrons. The van der Waals surface area contributed by atoms with E-state index in [1.54, 1.807) is 31.4 Å². The maximum Gasteiger partial charge on any atom is 0.306 e. The number of nitrogens with zero attached hydrogens (tertiary/aromatic N) is 3. The zero-order valence-electron chi connectivity index (χ0n) is 13.1. The maximum atomic E-state index is 13.3. The predicted octanol–water partition coefficient (Wildman–Crippen LogP) is 3.40. The molecule has 0 unspecified atom stereocenters. The van der Waals surface area contributed by atoms with Gasteiger partial charge in [0.2, 0.25) is 17.5 Å². The molecule has 0 fully saturated rings. The summed E-state index contributed by atoms with van der Waals surface area (Å²) >= 11 is 0. The Labute approximate surface area is 141 Å². The summed E-state index contributed by atoms with van der Waals surface area (Å²) in [6, 6.07) is 10.7. The van der Waals surface area contributed by atoms with E-state index in [0.29, 0.717) is 17.3 Å². The Bertz CT molecular complexity index is 895. The highest BCUT2D eigenvalue weighted by molar-refractivity contribution is 5.56. The minimum atomic E-state index is -0.893. The molecule has 0 atom stereocenters. The SMILES string of the molecule is COc1ccc(-c2noc(CNc3ccc(F)c([N+](=O)[O-])c3)n2)cc1. The van der Waals surface area contributed by atoms with Crippen LogP contribution in [-0.2, 0) is 6.54 Å². The second kappa shape index (κ2) is 6.95. The van der Waals surface area contributed by atoms with E-state index in [4.69, 9.17) is 9.26 Å². The Morgan fingerprint density at radius 3 is 2.72 bits per heavy atom. The van der Waals surface area contributed by atoms with E-state index >= 15 is 0 Å². The number of nitro groups is 1. The van der Waals surface area contributed by atoms with Gasteiger partial charge in [-0.1, -0.05) is 5.16 Å². The molecule has 0 spiro atoms. The fourth-order valence-corrected chi connectivity index (χ4v) is 2.12. The number of hydrogen-bond acceptors (Lipinski definition) is 7. The second-order valence-corrected chi connectivity index (χ2v) is 5.02. The van der Waals surface area contributed by atoms with Gasteiger partial charge in [-0.25, -0.2) is 0 Å². The van der Waals surface area contributed by atoms with E-state index in [9.17, 15) is 14.5 Å². The normalized spacial score (nSPS) is 10.5. The van der Waals surface area contributed by atoms with Crippen molar-refractivity contribution >= 4 is 11.4 Å². The van der Waals surface area contributed by atoms with Gasteiger partial charge in [0.05, 0.1) is 18.6 Å². The van der Waals surface area contributed by atoms with E-state index in [2.05, 4.69) is 15.5 Å². The zero-order valence-corrected chi connectivity index (χ0v) is 13.1. The van der Waals surface area contributed by atoms with Gasteiger partial charge in [-0.3, -0.25) is 10.1 Å². The van der Waals surface area contributed by atoms with Crippen LogP contribution in [-0.4, -0.2) is 22.2 Å². The van der Waals surface area contributed by atoms with Crippen molar-refractivity contribution in [2.24, 2.45) is 0 Å². The topological polar surface area (TPSA) is 103 Å². The lowest BCUT2D eigenvalue weighted by atomic mass is 10.2. The van der Waals surface area contributed by atoms with Crippen molar-refractivity contribution < 1.29 is 18.6 Å². The lowest BCUT2D eigenvalue weighted by Gasteiger charge is -2.03. The molecular weight excluding hydrogens is 331 g/mol. The Morgan fingerprint density at radius 2 is 2.04 bits per heavy atom. The van der Waals surface area contributed by atoms with Gasteiger partial charge < -0.3 is 14.6 Å². The van der Waals surface area contributed by atoms with Gasteiger partial charge in [0.25, 0.3) is 0 Å². The molecule has 0 aliphatic carbocycles. The fourth-order valence-electron chi connectivity index (χ4n) is 2.12. The minimum absolute atomic E-state index is 0.145. The number of methoxy groups -OCH3 is 1. The molecule has 0 saturated heterocycles.